The molecule has 19 heavy (non-hydrogen) atoms. The molecule has 1 aromatic rings. The lowest BCUT2D eigenvalue weighted by Gasteiger charge is -2.17. The molecule has 0 spiro atoms. The van der Waals surface area contributed by atoms with E-state index in [2.05, 4.69) is 13.8 Å². The Kier molecular flexibility index (Phi) is 7.66. The molecule has 1 aromatic carbocycles. The molecule has 0 bridgehead atoms. The molecule has 0 saturated carbocycles. The van der Waals surface area contributed by atoms with Gasteiger partial charge in [0.25, 0.3) is 0 Å². The highest BCUT2D eigenvalue weighted by atomic mass is 14.7. The van der Waals surface area contributed by atoms with Crippen LogP contribution in [-0.4, -0.2) is 0 Å². The predicted molar refractivity (Wildman–Crippen MR) is 90.1 cm³/mol. The van der Waals surface area contributed by atoms with Gasteiger partial charge in [-0.15, -0.1) is 0 Å². The second-order valence-electron chi connectivity index (χ2n) is 4.11. The fraction of sp³-hybridized carbons (Fsp3) is 0.412. The average molecular weight is 260 g/mol. The summed E-state index contributed by atoms with van der Waals surface area (Å²) in [6.45, 7) is 12.2. The maximum absolute atomic E-state index is 6.13. The quantitative estimate of drug-likeness (QED) is 0.766. The molecule has 0 aliphatic rings. The van der Waals surface area contributed by atoms with E-state index >= 15 is 0 Å². The van der Waals surface area contributed by atoms with Gasteiger partial charge >= 0.3 is 0 Å². The molecule has 0 radical (unpaired) electrons. The second kappa shape index (κ2) is 8.41. The average Bonchev–Trinajstić information content (AvgIpc) is 2.43. The van der Waals surface area contributed by atoms with Crippen LogP contribution in [-0.2, 0) is 6.42 Å². The summed E-state index contributed by atoms with van der Waals surface area (Å²) in [5, 5.41) is 0. The molecule has 0 aliphatic carbocycles. The third-order valence-electron chi connectivity index (χ3n) is 3.07. The van der Waals surface area contributed by atoms with E-state index in [0.29, 0.717) is 11.4 Å². The van der Waals surface area contributed by atoms with Gasteiger partial charge in [0.2, 0.25) is 0 Å². The van der Waals surface area contributed by atoms with E-state index in [4.69, 9.17) is 11.5 Å². The normalized spacial score (nSPS) is 10.8. The first-order valence-corrected chi connectivity index (χ1v) is 7.04. The molecule has 0 heterocycles. The van der Waals surface area contributed by atoms with Crippen molar-refractivity contribution < 1.29 is 0 Å². The van der Waals surface area contributed by atoms with Gasteiger partial charge in [-0.3, -0.25) is 0 Å². The Morgan fingerprint density at radius 2 is 1.32 bits per heavy atom. The standard InChI is InChI=1S/C15H22N2.C2H6/c1-5-8-12-10(4)11(7-3)13(9-6-2)15(17)14(12)16;1-2/h5-6,8-9H,7,16-17H2,1-4H3;1-2H3/b8-5-,9-6-;. The highest BCUT2D eigenvalue weighted by Gasteiger charge is 2.14. The number of hydrogen-bond donors (Lipinski definition) is 2. The molecule has 0 aromatic heterocycles. The van der Waals surface area contributed by atoms with E-state index in [1.165, 1.54) is 11.1 Å². The third kappa shape index (κ3) is 3.63. The van der Waals surface area contributed by atoms with Crippen LogP contribution in [0.5, 0.6) is 0 Å². The first-order valence-electron chi connectivity index (χ1n) is 7.04. The van der Waals surface area contributed by atoms with Crippen molar-refractivity contribution in [3.05, 3.63) is 34.4 Å². The summed E-state index contributed by atoms with van der Waals surface area (Å²) in [6, 6.07) is 0. The highest BCUT2D eigenvalue weighted by Crippen LogP contribution is 2.34. The maximum Gasteiger partial charge on any atom is 0.0630 e. The molecule has 0 unspecified atom stereocenters. The summed E-state index contributed by atoms with van der Waals surface area (Å²) in [5.41, 5.74) is 18.3. The van der Waals surface area contributed by atoms with Crippen molar-refractivity contribution in [3.63, 3.8) is 0 Å². The molecule has 106 valence electrons. The van der Waals surface area contributed by atoms with E-state index in [9.17, 15) is 0 Å². The lowest BCUT2D eigenvalue weighted by Crippen LogP contribution is -2.06. The van der Waals surface area contributed by atoms with Crippen LogP contribution in [0, 0.1) is 6.92 Å². The van der Waals surface area contributed by atoms with Crippen LogP contribution in [0.15, 0.2) is 12.2 Å². The molecule has 0 saturated heterocycles. The fourth-order valence-electron chi connectivity index (χ4n) is 2.21. The van der Waals surface area contributed by atoms with Crippen molar-refractivity contribution in [2.24, 2.45) is 0 Å². The van der Waals surface area contributed by atoms with Crippen LogP contribution in [0.2, 0.25) is 0 Å². The largest absolute Gasteiger partial charge is 0.397 e. The summed E-state index contributed by atoms with van der Waals surface area (Å²) in [4.78, 5) is 0. The predicted octanol–water partition coefficient (Wildman–Crippen LogP) is 4.81. The SMILES string of the molecule is C/C=C\c1c(C)c(CC)c(/C=C\C)c(N)c1N.CC. The van der Waals surface area contributed by atoms with Gasteiger partial charge in [0.15, 0.2) is 0 Å². The van der Waals surface area contributed by atoms with Crippen LogP contribution in [0.1, 0.15) is 56.9 Å². The topological polar surface area (TPSA) is 52.0 Å². The Morgan fingerprint density at radius 1 is 0.895 bits per heavy atom. The van der Waals surface area contributed by atoms with Crippen LogP contribution < -0.4 is 11.5 Å². The second-order valence-corrected chi connectivity index (χ2v) is 4.11. The molecular weight excluding hydrogens is 232 g/mol. The fourth-order valence-corrected chi connectivity index (χ4v) is 2.21. The van der Waals surface area contributed by atoms with E-state index < -0.39 is 0 Å². The van der Waals surface area contributed by atoms with Gasteiger partial charge in [0, 0.05) is 11.1 Å². The highest BCUT2D eigenvalue weighted by molar-refractivity contribution is 5.86. The summed E-state index contributed by atoms with van der Waals surface area (Å²) in [6.07, 6.45) is 9.02. The minimum Gasteiger partial charge on any atom is -0.397 e. The summed E-state index contributed by atoms with van der Waals surface area (Å²) < 4.78 is 0. The first-order chi connectivity index (χ1) is 9.08. The zero-order valence-corrected chi connectivity index (χ0v) is 13.2. The summed E-state index contributed by atoms with van der Waals surface area (Å²) in [7, 11) is 0. The number of nitrogens with two attached hydrogens (primary N) is 2. The molecule has 0 aliphatic heterocycles. The van der Waals surface area contributed by atoms with Crippen molar-refractivity contribution in [1.82, 2.24) is 0 Å². The smallest absolute Gasteiger partial charge is 0.0630 e. The number of nitrogen functional groups attached to an aromatic ring is 2. The van der Waals surface area contributed by atoms with Crippen molar-refractivity contribution >= 4 is 23.5 Å². The zero-order chi connectivity index (χ0) is 15.0. The summed E-state index contributed by atoms with van der Waals surface area (Å²) >= 11 is 0. The number of rotatable bonds is 3. The summed E-state index contributed by atoms with van der Waals surface area (Å²) in [5.74, 6) is 0. The van der Waals surface area contributed by atoms with Gasteiger partial charge in [0.05, 0.1) is 11.4 Å². The maximum atomic E-state index is 6.13. The van der Waals surface area contributed by atoms with Gasteiger partial charge in [-0.1, -0.05) is 45.1 Å². The molecule has 4 N–H and O–H groups in total. The number of hydrogen-bond acceptors (Lipinski definition) is 2. The van der Waals surface area contributed by atoms with Crippen molar-refractivity contribution in [2.75, 3.05) is 11.5 Å². The van der Waals surface area contributed by atoms with E-state index in [0.717, 1.165) is 17.5 Å². The molecule has 0 fully saturated rings. The molecular formula is C17H28N2. The van der Waals surface area contributed by atoms with Crippen LogP contribution in [0.25, 0.3) is 12.2 Å². The third-order valence-corrected chi connectivity index (χ3v) is 3.07. The minimum atomic E-state index is 0.686. The van der Waals surface area contributed by atoms with Crippen molar-refractivity contribution in [1.29, 1.82) is 0 Å². The van der Waals surface area contributed by atoms with E-state index in [-0.39, 0.29) is 0 Å². The van der Waals surface area contributed by atoms with Gasteiger partial charge in [0.1, 0.15) is 0 Å². The van der Waals surface area contributed by atoms with Gasteiger partial charge in [-0.2, -0.15) is 0 Å². The molecule has 0 atom stereocenters. The Morgan fingerprint density at radius 3 is 1.74 bits per heavy atom. The number of anilines is 2. The van der Waals surface area contributed by atoms with Crippen LogP contribution >= 0.6 is 0 Å². The lowest BCUT2D eigenvalue weighted by molar-refractivity contribution is 1.10. The number of benzene rings is 1. The Bertz CT molecular complexity index is 469. The van der Waals surface area contributed by atoms with E-state index in [1.54, 1.807) is 0 Å². The van der Waals surface area contributed by atoms with Gasteiger partial charge in [-0.25, -0.2) is 0 Å². The van der Waals surface area contributed by atoms with Gasteiger partial charge in [-0.05, 0) is 38.3 Å². The molecule has 1 rings (SSSR count). The van der Waals surface area contributed by atoms with E-state index in [1.807, 2.05) is 52.0 Å². The molecule has 2 nitrogen and oxygen atoms in total. The Hall–Kier alpha value is -1.70. The van der Waals surface area contributed by atoms with Crippen LogP contribution in [0.3, 0.4) is 0 Å². The first kappa shape index (κ1) is 17.3. The van der Waals surface area contributed by atoms with Crippen LogP contribution in [0.4, 0.5) is 11.4 Å². The van der Waals surface area contributed by atoms with Crippen molar-refractivity contribution in [3.8, 4) is 0 Å². The molecule has 2 heteroatoms. The number of allylic oxidation sites excluding steroid dienone is 2. The Balaban J connectivity index is 0.00000154. The Labute approximate surface area is 118 Å². The van der Waals surface area contributed by atoms with Crippen molar-refractivity contribution in [2.45, 2.75) is 48.0 Å². The minimum absolute atomic E-state index is 0.686. The van der Waals surface area contributed by atoms with Gasteiger partial charge < -0.3 is 11.5 Å². The molecule has 0 amide bonds. The lowest BCUT2D eigenvalue weighted by atomic mass is 9.91. The monoisotopic (exact) mass is 260 g/mol. The zero-order valence-electron chi connectivity index (χ0n) is 13.2.